The Morgan fingerprint density at radius 1 is 1.35 bits per heavy atom. The molecule has 0 fully saturated rings. The van der Waals surface area contributed by atoms with Crippen molar-refractivity contribution < 1.29 is 19.4 Å². The lowest BCUT2D eigenvalue weighted by Gasteiger charge is -2.14. The van der Waals surface area contributed by atoms with E-state index < -0.39 is 12.4 Å². The van der Waals surface area contributed by atoms with Crippen LogP contribution in [-0.2, 0) is 4.79 Å². The van der Waals surface area contributed by atoms with Crippen molar-refractivity contribution in [3.8, 4) is 5.75 Å². The molecule has 0 atom stereocenters. The largest absolute Gasteiger partial charge is 0.485 e. The second kappa shape index (κ2) is 5.59. The predicted octanol–water partition coefficient (Wildman–Crippen LogP) is 1.36. The number of aliphatic hydroxyl groups excluding tert-OH is 1. The fourth-order valence-corrected chi connectivity index (χ4v) is 1.78. The minimum absolute atomic E-state index is 0.181. The summed E-state index contributed by atoms with van der Waals surface area (Å²) in [6, 6.07) is 1.84. The van der Waals surface area contributed by atoms with Gasteiger partial charge in [-0.1, -0.05) is 6.07 Å². The van der Waals surface area contributed by atoms with E-state index in [2.05, 4.69) is 0 Å². The Balaban J connectivity index is 3.07. The molecule has 0 unspecified atom stereocenters. The van der Waals surface area contributed by atoms with Crippen molar-refractivity contribution in [2.24, 2.45) is 0 Å². The zero-order chi connectivity index (χ0) is 13.0. The minimum Gasteiger partial charge on any atom is -0.485 e. The number of hydrogen-bond donors (Lipinski definition) is 1. The van der Waals surface area contributed by atoms with Crippen molar-refractivity contribution in [3.63, 3.8) is 0 Å². The van der Waals surface area contributed by atoms with E-state index >= 15 is 0 Å². The zero-order valence-electron chi connectivity index (χ0n) is 10.2. The monoisotopic (exact) mass is 236 g/mol. The Bertz CT molecular complexity index is 449. The Kier molecular flexibility index (Phi) is 4.40. The van der Waals surface area contributed by atoms with Crippen molar-refractivity contribution in [3.05, 3.63) is 28.3 Å². The van der Waals surface area contributed by atoms with Crippen molar-refractivity contribution in [1.82, 2.24) is 0 Å². The second-order valence-electron chi connectivity index (χ2n) is 3.98. The number of hydrogen-bond acceptors (Lipinski definition) is 4. The van der Waals surface area contributed by atoms with E-state index in [1.54, 1.807) is 6.92 Å². The first-order chi connectivity index (χ1) is 8.01. The first kappa shape index (κ1) is 13.4. The van der Waals surface area contributed by atoms with Crippen LogP contribution in [0.25, 0.3) is 0 Å². The van der Waals surface area contributed by atoms with E-state index in [0.717, 1.165) is 23.0 Å². The van der Waals surface area contributed by atoms with Gasteiger partial charge in [0, 0.05) is 11.1 Å². The fraction of sp³-hybridized carbons (Fsp3) is 0.385. The van der Waals surface area contributed by atoms with Gasteiger partial charge in [0.05, 0.1) is 0 Å². The van der Waals surface area contributed by atoms with E-state index in [4.69, 9.17) is 9.84 Å². The molecule has 1 rings (SSSR count). The number of Topliss-reactive ketones (excluding diaryl/α,β-unsaturated/α-hetero) is 1. The van der Waals surface area contributed by atoms with E-state index in [9.17, 15) is 9.59 Å². The van der Waals surface area contributed by atoms with Crippen LogP contribution in [0.2, 0.25) is 0 Å². The van der Waals surface area contributed by atoms with Crippen LogP contribution in [0.15, 0.2) is 6.07 Å². The molecule has 0 aliphatic rings. The number of carbonyl (C=O) groups is 2. The molecule has 1 aromatic carbocycles. The number of benzene rings is 1. The molecule has 1 aromatic rings. The van der Waals surface area contributed by atoms with Crippen molar-refractivity contribution in [1.29, 1.82) is 0 Å². The van der Waals surface area contributed by atoms with Crippen molar-refractivity contribution in [2.75, 3.05) is 13.2 Å². The van der Waals surface area contributed by atoms with Crippen LogP contribution >= 0.6 is 0 Å². The van der Waals surface area contributed by atoms with Gasteiger partial charge in [-0.15, -0.1) is 0 Å². The number of carbonyl (C=O) groups excluding carboxylic acids is 2. The van der Waals surface area contributed by atoms with Gasteiger partial charge >= 0.3 is 0 Å². The average Bonchev–Trinajstić information content (AvgIpc) is 2.28. The van der Waals surface area contributed by atoms with Crippen LogP contribution in [0.1, 0.15) is 27.0 Å². The number of aliphatic hydroxyl groups is 1. The molecule has 4 heteroatoms. The predicted molar refractivity (Wildman–Crippen MR) is 63.6 cm³/mol. The summed E-state index contributed by atoms with van der Waals surface area (Å²) in [7, 11) is 0. The maximum Gasteiger partial charge on any atom is 0.195 e. The lowest BCUT2D eigenvalue weighted by molar-refractivity contribution is -0.123. The third-order valence-corrected chi connectivity index (χ3v) is 2.63. The molecule has 4 nitrogen and oxygen atoms in total. The normalized spacial score (nSPS) is 10.1. The first-order valence-corrected chi connectivity index (χ1v) is 5.32. The maximum atomic E-state index is 11.0. The Hall–Kier alpha value is -1.68. The number of ether oxygens (including phenoxy) is 1. The van der Waals surface area contributed by atoms with E-state index in [0.29, 0.717) is 11.3 Å². The Morgan fingerprint density at radius 2 is 2.00 bits per heavy atom. The molecule has 17 heavy (non-hydrogen) atoms. The van der Waals surface area contributed by atoms with Gasteiger partial charge in [-0.25, -0.2) is 0 Å². The van der Waals surface area contributed by atoms with Gasteiger partial charge in [0.1, 0.15) is 19.0 Å². The van der Waals surface area contributed by atoms with Gasteiger partial charge < -0.3 is 9.84 Å². The topological polar surface area (TPSA) is 63.6 Å². The second-order valence-corrected chi connectivity index (χ2v) is 3.98. The summed E-state index contributed by atoms with van der Waals surface area (Å²) in [5.41, 5.74) is 3.07. The van der Waals surface area contributed by atoms with Crippen LogP contribution in [-0.4, -0.2) is 30.4 Å². The van der Waals surface area contributed by atoms with E-state index in [1.807, 2.05) is 19.9 Å². The lowest BCUT2D eigenvalue weighted by atomic mass is 9.99. The molecule has 0 amide bonds. The van der Waals surface area contributed by atoms with Crippen molar-refractivity contribution >= 4 is 12.1 Å². The molecule has 0 saturated heterocycles. The summed E-state index contributed by atoms with van der Waals surface area (Å²) in [5, 5.41) is 8.61. The molecular weight excluding hydrogens is 220 g/mol. The Labute approximate surface area is 100 Å². The molecular formula is C13H16O4. The van der Waals surface area contributed by atoms with Gasteiger partial charge in [-0.2, -0.15) is 0 Å². The highest BCUT2D eigenvalue weighted by Crippen LogP contribution is 2.28. The smallest absolute Gasteiger partial charge is 0.195 e. The molecule has 0 aliphatic carbocycles. The zero-order valence-corrected chi connectivity index (χ0v) is 10.2. The lowest BCUT2D eigenvalue weighted by Crippen LogP contribution is -2.16. The van der Waals surface area contributed by atoms with Crippen molar-refractivity contribution in [2.45, 2.75) is 20.8 Å². The maximum absolute atomic E-state index is 11.0. The van der Waals surface area contributed by atoms with Crippen LogP contribution in [0.3, 0.4) is 0 Å². The van der Waals surface area contributed by atoms with Gasteiger partial charge in [0.25, 0.3) is 0 Å². The highest BCUT2D eigenvalue weighted by Gasteiger charge is 2.12. The highest BCUT2D eigenvalue weighted by molar-refractivity contribution is 5.82. The molecule has 0 aliphatic heterocycles. The van der Waals surface area contributed by atoms with Gasteiger partial charge in [-0.05, 0) is 31.9 Å². The summed E-state index contributed by atoms with van der Waals surface area (Å²) < 4.78 is 5.35. The van der Waals surface area contributed by atoms with Gasteiger partial charge in [-0.3, -0.25) is 9.59 Å². The SMILES string of the molecule is Cc1cc(C)c(OCC(=O)CO)c(C)c1C=O. The number of aryl methyl sites for hydroxylation is 2. The summed E-state index contributed by atoms with van der Waals surface area (Å²) in [4.78, 5) is 21.9. The highest BCUT2D eigenvalue weighted by atomic mass is 16.5. The number of aldehydes is 1. The molecule has 0 aromatic heterocycles. The van der Waals surface area contributed by atoms with Crippen LogP contribution in [0.5, 0.6) is 5.75 Å². The molecule has 0 saturated carbocycles. The van der Waals surface area contributed by atoms with Crippen LogP contribution < -0.4 is 4.74 Å². The van der Waals surface area contributed by atoms with E-state index in [1.165, 1.54) is 0 Å². The molecule has 0 spiro atoms. The van der Waals surface area contributed by atoms with Gasteiger partial charge in [0.15, 0.2) is 12.1 Å². The third-order valence-electron chi connectivity index (χ3n) is 2.63. The number of ketones is 1. The average molecular weight is 236 g/mol. The standard InChI is InChI=1S/C13H16O4/c1-8-4-9(2)13(10(3)12(8)6-15)17-7-11(16)5-14/h4,6,14H,5,7H2,1-3H3. The summed E-state index contributed by atoms with van der Waals surface area (Å²) in [6.07, 6.45) is 0.783. The number of rotatable bonds is 5. The summed E-state index contributed by atoms with van der Waals surface area (Å²) >= 11 is 0. The molecule has 1 N–H and O–H groups in total. The summed E-state index contributed by atoms with van der Waals surface area (Å²) in [6.45, 7) is 4.77. The molecule has 0 heterocycles. The summed E-state index contributed by atoms with van der Waals surface area (Å²) in [5.74, 6) is 0.150. The fourth-order valence-electron chi connectivity index (χ4n) is 1.78. The van der Waals surface area contributed by atoms with Crippen LogP contribution in [0.4, 0.5) is 0 Å². The Morgan fingerprint density at radius 3 is 2.53 bits per heavy atom. The van der Waals surface area contributed by atoms with Crippen LogP contribution in [0, 0.1) is 20.8 Å². The third kappa shape index (κ3) is 2.91. The molecule has 0 bridgehead atoms. The minimum atomic E-state index is -0.537. The quantitative estimate of drug-likeness (QED) is 0.784. The van der Waals surface area contributed by atoms with E-state index in [-0.39, 0.29) is 6.61 Å². The van der Waals surface area contributed by atoms with Gasteiger partial charge in [0.2, 0.25) is 0 Å². The molecule has 92 valence electrons. The molecule has 0 radical (unpaired) electrons. The first-order valence-electron chi connectivity index (χ1n) is 5.32.